The zero-order valence-electron chi connectivity index (χ0n) is 40.8. The van der Waals surface area contributed by atoms with Gasteiger partial charge in [-0.05, 0) is 94.6 Å². The molecular formula is C44H78N10O13S. The number of hydrogen-bond acceptors (Lipinski definition) is 14. The molecule has 0 aromatic heterocycles. The number of nitrogens with two attached hydrogens (primary N) is 2. The molecule has 1 fully saturated rings. The van der Waals surface area contributed by atoms with Crippen molar-refractivity contribution in [2.24, 2.45) is 29.2 Å². The van der Waals surface area contributed by atoms with Gasteiger partial charge in [-0.3, -0.25) is 43.2 Å². The number of aliphatic hydroxyl groups is 1. The van der Waals surface area contributed by atoms with E-state index in [1.807, 2.05) is 13.8 Å². The number of unbranched alkanes of at least 4 members (excludes halogenated alkanes) is 1. The highest BCUT2D eigenvalue weighted by Crippen LogP contribution is 2.20. The Kier molecular flexibility index (Phi) is 27.9. The van der Waals surface area contributed by atoms with Gasteiger partial charge in [0.1, 0.15) is 42.3 Å². The van der Waals surface area contributed by atoms with Crippen LogP contribution < -0.4 is 48.7 Å². The second-order valence-electron chi connectivity index (χ2n) is 18.1. The highest BCUT2D eigenvalue weighted by molar-refractivity contribution is 7.98. The smallest absolute Gasteiger partial charge is 0.326 e. The molecule has 1 heterocycles. The number of carboxylic acid groups (broad SMARTS) is 2. The van der Waals surface area contributed by atoms with Crippen LogP contribution in [0.4, 0.5) is 0 Å². The van der Waals surface area contributed by atoms with Crippen LogP contribution in [0, 0.1) is 17.8 Å². The van der Waals surface area contributed by atoms with Crippen LogP contribution in [0.3, 0.4) is 0 Å². The van der Waals surface area contributed by atoms with Gasteiger partial charge in [-0.2, -0.15) is 11.8 Å². The van der Waals surface area contributed by atoms with Crippen molar-refractivity contribution in [1.82, 2.24) is 42.1 Å². The van der Waals surface area contributed by atoms with E-state index >= 15 is 0 Å². The Balaban J connectivity index is 3.21. The highest BCUT2D eigenvalue weighted by atomic mass is 32.2. The van der Waals surface area contributed by atoms with Gasteiger partial charge in [0.15, 0.2) is 0 Å². The van der Waals surface area contributed by atoms with Crippen LogP contribution in [-0.4, -0.2) is 165 Å². The van der Waals surface area contributed by atoms with Crippen molar-refractivity contribution in [3.8, 4) is 0 Å². The number of nitrogens with one attached hydrogen (secondary N) is 7. The topological polar surface area (TPSA) is 371 Å². The number of aliphatic hydroxyl groups excluding tert-OH is 1. The molecule has 0 spiro atoms. The molecule has 0 bridgehead atoms. The Morgan fingerprint density at radius 1 is 0.721 bits per heavy atom. The van der Waals surface area contributed by atoms with Crippen LogP contribution in [-0.2, 0) is 47.9 Å². The predicted octanol–water partition coefficient (Wildman–Crippen LogP) is -1.71. The summed E-state index contributed by atoms with van der Waals surface area (Å²) >= 11 is 1.40. The van der Waals surface area contributed by atoms with Gasteiger partial charge < -0.3 is 68.9 Å². The first kappa shape index (κ1) is 60.9. The third kappa shape index (κ3) is 21.1. The number of hydrogen-bond donors (Lipinski definition) is 12. The van der Waals surface area contributed by atoms with Gasteiger partial charge in [0, 0.05) is 13.0 Å². The number of amides is 8. The summed E-state index contributed by atoms with van der Waals surface area (Å²) in [7, 11) is 0. The first-order valence-electron chi connectivity index (χ1n) is 23.4. The fourth-order valence-electron chi connectivity index (χ4n) is 7.29. The number of nitrogens with zero attached hydrogens (tertiary/aromatic N) is 1. The Morgan fingerprint density at radius 3 is 1.84 bits per heavy atom. The van der Waals surface area contributed by atoms with E-state index < -0.39 is 132 Å². The minimum atomic E-state index is -1.53. The van der Waals surface area contributed by atoms with E-state index in [1.165, 1.54) is 23.6 Å². The molecule has 0 aromatic rings. The van der Waals surface area contributed by atoms with Crippen LogP contribution in [0.1, 0.15) is 113 Å². The quantitative estimate of drug-likeness (QED) is 0.0334. The maximum absolute atomic E-state index is 14.0. The fraction of sp³-hybridized carbons (Fsp3) is 0.773. The van der Waals surface area contributed by atoms with Gasteiger partial charge in [0.2, 0.25) is 47.3 Å². The molecule has 1 aliphatic heterocycles. The molecule has 24 heteroatoms. The molecule has 388 valence electrons. The largest absolute Gasteiger partial charge is 0.481 e. The molecule has 0 aliphatic carbocycles. The van der Waals surface area contributed by atoms with Gasteiger partial charge in [-0.15, -0.1) is 0 Å². The summed E-state index contributed by atoms with van der Waals surface area (Å²) in [5.41, 5.74) is 11.6. The fourth-order valence-corrected chi connectivity index (χ4v) is 7.76. The number of carboxylic acids is 2. The van der Waals surface area contributed by atoms with Crippen molar-refractivity contribution >= 4 is 71.0 Å². The molecule has 0 aromatic carbocycles. The van der Waals surface area contributed by atoms with Crippen LogP contribution >= 0.6 is 11.8 Å². The Bertz CT molecular complexity index is 1720. The third-order valence-corrected chi connectivity index (χ3v) is 12.2. The number of rotatable bonds is 32. The zero-order chi connectivity index (χ0) is 51.8. The molecule has 0 unspecified atom stereocenters. The van der Waals surface area contributed by atoms with Crippen molar-refractivity contribution in [1.29, 1.82) is 0 Å². The van der Waals surface area contributed by atoms with Gasteiger partial charge in [-0.25, -0.2) is 4.79 Å². The average Bonchev–Trinajstić information content (AvgIpc) is 3.77. The van der Waals surface area contributed by atoms with E-state index in [0.29, 0.717) is 38.0 Å². The minimum Gasteiger partial charge on any atom is -0.481 e. The van der Waals surface area contributed by atoms with E-state index in [9.17, 15) is 58.2 Å². The monoisotopic (exact) mass is 987 g/mol. The molecule has 23 nitrogen and oxygen atoms in total. The van der Waals surface area contributed by atoms with Crippen molar-refractivity contribution in [2.45, 2.75) is 167 Å². The summed E-state index contributed by atoms with van der Waals surface area (Å²) in [6.45, 7) is 11.3. The van der Waals surface area contributed by atoms with Crippen LogP contribution in [0.15, 0.2) is 0 Å². The molecule has 1 aliphatic rings. The molecule has 10 atom stereocenters. The standard InChI is InChI=1S/C44H78N10O13S/c1-9-25(6)35(42(64)47-22-32(56)51-36(26(7)55)43(65)54-19-12-14-31(54)41(63)52-34(24(4)5)44(66)67)53-39(61)28(13-10-11-18-45)48-38(60)29(17-20-68-8)49-40(62)30(21-23(2)3)50-37(59)27(46)15-16-33(57)58/h23-31,34-36,55H,9-22,45-46H2,1-8H3,(H,47,64)(H,48,60)(H,49,62)(H,50,59)(H,51,56)(H,52,63)(H,53,61)(H,57,58)(H,66,67)/t25-,26+,27-,28-,29-,30-,31-,34-,35-,36-/m0/s1. The lowest BCUT2D eigenvalue weighted by molar-refractivity contribution is -0.146. The Labute approximate surface area is 403 Å². The number of carbonyl (C=O) groups excluding carboxylic acids is 8. The molecular weight excluding hydrogens is 909 g/mol. The van der Waals surface area contributed by atoms with E-state index in [-0.39, 0.29) is 51.0 Å². The van der Waals surface area contributed by atoms with E-state index in [0.717, 1.165) is 0 Å². The minimum absolute atomic E-state index is 0.0907. The third-order valence-electron chi connectivity index (χ3n) is 11.5. The first-order valence-corrected chi connectivity index (χ1v) is 24.8. The molecule has 0 saturated carbocycles. The Hall–Kier alpha value is -5.07. The normalized spacial score (nSPS) is 17.5. The maximum Gasteiger partial charge on any atom is 0.326 e. The van der Waals surface area contributed by atoms with Crippen molar-refractivity contribution in [3.63, 3.8) is 0 Å². The molecule has 0 radical (unpaired) electrons. The van der Waals surface area contributed by atoms with Gasteiger partial charge in [-0.1, -0.05) is 48.0 Å². The molecule has 1 saturated heterocycles. The summed E-state index contributed by atoms with van der Waals surface area (Å²) in [4.78, 5) is 132. The van der Waals surface area contributed by atoms with Crippen LogP contribution in [0.5, 0.6) is 0 Å². The summed E-state index contributed by atoms with van der Waals surface area (Å²) in [6, 6.07) is -9.70. The first-order chi connectivity index (χ1) is 31.9. The lowest BCUT2D eigenvalue weighted by atomic mass is 9.97. The Morgan fingerprint density at radius 2 is 1.31 bits per heavy atom. The van der Waals surface area contributed by atoms with E-state index in [2.05, 4.69) is 37.2 Å². The number of likely N-dealkylation sites (tertiary alicyclic amines) is 1. The average molecular weight is 987 g/mol. The number of aliphatic carboxylic acids is 2. The summed E-state index contributed by atoms with van der Waals surface area (Å²) in [6.07, 6.45) is 2.16. The summed E-state index contributed by atoms with van der Waals surface area (Å²) in [5, 5.41) is 47.1. The second-order valence-corrected chi connectivity index (χ2v) is 19.0. The van der Waals surface area contributed by atoms with Gasteiger partial charge >= 0.3 is 11.9 Å². The number of thioether (sulfide) groups is 1. The molecule has 68 heavy (non-hydrogen) atoms. The van der Waals surface area contributed by atoms with Crippen LogP contribution in [0.2, 0.25) is 0 Å². The lowest BCUT2D eigenvalue weighted by Gasteiger charge is -2.31. The SMILES string of the molecule is CC[C@H](C)[C@H](NC(=O)[C@H](CCCCN)NC(=O)[C@H](CCSC)NC(=O)[C@H](CC(C)C)NC(=O)[C@@H](N)CCC(=O)O)C(=O)NCC(=O)N[C@H](C(=O)N1CCC[C@H]1C(=O)N[C@H](C(=O)O)C(C)C)[C@@H](C)O. The second kappa shape index (κ2) is 31.1. The summed E-state index contributed by atoms with van der Waals surface area (Å²) < 4.78 is 0. The summed E-state index contributed by atoms with van der Waals surface area (Å²) in [5.74, 6) is -8.98. The molecule has 14 N–H and O–H groups in total. The predicted molar refractivity (Wildman–Crippen MR) is 253 cm³/mol. The molecule has 8 amide bonds. The van der Waals surface area contributed by atoms with Gasteiger partial charge in [0.25, 0.3) is 0 Å². The zero-order valence-corrected chi connectivity index (χ0v) is 41.6. The van der Waals surface area contributed by atoms with E-state index in [1.54, 1.807) is 34.0 Å². The van der Waals surface area contributed by atoms with Crippen molar-refractivity contribution in [3.05, 3.63) is 0 Å². The number of carbonyl (C=O) groups is 10. The van der Waals surface area contributed by atoms with Crippen LogP contribution in [0.25, 0.3) is 0 Å². The molecule has 1 rings (SSSR count). The maximum atomic E-state index is 14.0. The van der Waals surface area contributed by atoms with Crippen molar-refractivity contribution < 1.29 is 63.3 Å². The van der Waals surface area contributed by atoms with Gasteiger partial charge in [0.05, 0.1) is 18.7 Å². The van der Waals surface area contributed by atoms with Crippen molar-refractivity contribution in [2.75, 3.05) is 31.6 Å². The lowest BCUT2D eigenvalue weighted by Crippen LogP contribution is -2.60. The highest BCUT2D eigenvalue weighted by Gasteiger charge is 2.41. The van der Waals surface area contributed by atoms with E-state index in [4.69, 9.17) is 16.6 Å².